The largest absolute Gasteiger partial charge is 0.295 e. The first-order valence-electron chi connectivity index (χ1n) is 7.07. The SMILES string of the molecule is CC(=O)c1ccc(-c2cnc3nn4ccccc4c3c2)cc1. The first-order valence-corrected chi connectivity index (χ1v) is 7.07. The van der Waals surface area contributed by atoms with E-state index in [1.807, 2.05) is 59.4 Å². The Morgan fingerprint density at radius 3 is 2.64 bits per heavy atom. The van der Waals surface area contributed by atoms with Crippen molar-refractivity contribution in [1.82, 2.24) is 14.6 Å². The fourth-order valence-electron chi connectivity index (χ4n) is 2.62. The normalized spacial score (nSPS) is 11.1. The number of fused-ring (bicyclic) bond motifs is 3. The standard InChI is InChI=1S/C18H13N3O/c1-12(22)13-5-7-14(8-6-13)15-10-16-17-4-2-3-9-21(17)20-18(16)19-11-15/h2-11H,1H3. The molecule has 0 amide bonds. The average molecular weight is 287 g/mol. The number of carbonyl (C=O) groups is 1. The van der Waals surface area contributed by atoms with Crippen LogP contribution in [0.5, 0.6) is 0 Å². The van der Waals surface area contributed by atoms with Crippen molar-refractivity contribution in [3.8, 4) is 11.1 Å². The molecule has 0 unspecified atom stereocenters. The summed E-state index contributed by atoms with van der Waals surface area (Å²) in [6.45, 7) is 1.57. The Hall–Kier alpha value is -3.01. The molecule has 22 heavy (non-hydrogen) atoms. The molecule has 0 aliphatic heterocycles. The second kappa shape index (κ2) is 4.77. The molecular formula is C18H13N3O. The lowest BCUT2D eigenvalue weighted by Crippen LogP contribution is -1.91. The van der Waals surface area contributed by atoms with Gasteiger partial charge >= 0.3 is 0 Å². The molecule has 106 valence electrons. The molecule has 3 aromatic heterocycles. The van der Waals surface area contributed by atoms with Crippen LogP contribution in [0.3, 0.4) is 0 Å². The summed E-state index contributed by atoms with van der Waals surface area (Å²) < 4.78 is 1.83. The van der Waals surface area contributed by atoms with Crippen molar-refractivity contribution >= 4 is 22.3 Å². The number of hydrogen-bond donors (Lipinski definition) is 0. The molecule has 0 saturated carbocycles. The minimum atomic E-state index is 0.0720. The highest BCUT2D eigenvalue weighted by molar-refractivity contribution is 5.96. The summed E-state index contributed by atoms with van der Waals surface area (Å²) in [5.41, 5.74) is 4.53. The van der Waals surface area contributed by atoms with Crippen molar-refractivity contribution in [3.05, 3.63) is 66.5 Å². The number of nitrogens with zero attached hydrogens (tertiary/aromatic N) is 3. The monoisotopic (exact) mass is 287 g/mol. The van der Waals surface area contributed by atoms with Crippen LogP contribution < -0.4 is 0 Å². The molecule has 0 fully saturated rings. The molecule has 0 spiro atoms. The van der Waals surface area contributed by atoms with Gasteiger partial charge in [-0.1, -0.05) is 30.3 Å². The second-order valence-corrected chi connectivity index (χ2v) is 5.26. The van der Waals surface area contributed by atoms with E-state index < -0.39 is 0 Å². The fraction of sp³-hybridized carbons (Fsp3) is 0.0556. The van der Waals surface area contributed by atoms with Gasteiger partial charge in [-0.25, -0.2) is 9.50 Å². The number of benzene rings is 1. The van der Waals surface area contributed by atoms with Crippen molar-refractivity contribution in [2.75, 3.05) is 0 Å². The maximum Gasteiger partial charge on any atom is 0.182 e. The number of carbonyl (C=O) groups excluding carboxylic acids is 1. The van der Waals surface area contributed by atoms with Crippen molar-refractivity contribution < 1.29 is 4.79 Å². The number of pyridine rings is 2. The lowest BCUT2D eigenvalue weighted by atomic mass is 10.0. The maximum absolute atomic E-state index is 11.4. The molecule has 0 atom stereocenters. The van der Waals surface area contributed by atoms with Gasteiger partial charge in [-0.05, 0) is 30.7 Å². The topological polar surface area (TPSA) is 47.3 Å². The van der Waals surface area contributed by atoms with Crippen molar-refractivity contribution in [2.24, 2.45) is 0 Å². The van der Waals surface area contributed by atoms with Crippen molar-refractivity contribution in [1.29, 1.82) is 0 Å². The van der Waals surface area contributed by atoms with Crippen LogP contribution in [0, 0.1) is 0 Å². The fourth-order valence-corrected chi connectivity index (χ4v) is 2.62. The number of rotatable bonds is 2. The first kappa shape index (κ1) is 12.7. The zero-order valence-electron chi connectivity index (χ0n) is 12.0. The number of hydrogen-bond acceptors (Lipinski definition) is 3. The van der Waals surface area contributed by atoms with Gasteiger partial charge in [-0.2, -0.15) is 0 Å². The molecule has 4 aromatic rings. The van der Waals surface area contributed by atoms with Gasteiger partial charge in [0.2, 0.25) is 0 Å². The first-order chi connectivity index (χ1) is 10.7. The molecule has 3 heterocycles. The molecule has 0 radical (unpaired) electrons. The Kier molecular flexibility index (Phi) is 2.76. The predicted molar refractivity (Wildman–Crippen MR) is 85.9 cm³/mol. The summed E-state index contributed by atoms with van der Waals surface area (Å²) in [4.78, 5) is 15.8. The maximum atomic E-state index is 11.4. The highest BCUT2D eigenvalue weighted by atomic mass is 16.1. The van der Waals surface area contributed by atoms with Gasteiger partial charge in [0.25, 0.3) is 0 Å². The average Bonchev–Trinajstić information content (AvgIpc) is 2.92. The van der Waals surface area contributed by atoms with Crippen LogP contribution in [0.15, 0.2) is 60.9 Å². The second-order valence-electron chi connectivity index (χ2n) is 5.26. The molecule has 4 rings (SSSR count). The van der Waals surface area contributed by atoms with Crippen LogP contribution in [0.1, 0.15) is 17.3 Å². The molecule has 0 aliphatic carbocycles. The number of aromatic nitrogens is 3. The minimum Gasteiger partial charge on any atom is -0.295 e. The van der Waals surface area contributed by atoms with Crippen molar-refractivity contribution in [3.63, 3.8) is 0 Å². The van der Waals surface area contributed by atoms with Crippen molar-refractivity contribution in [2.45, 2.75) is 6.92 Å². The Labute approximate surface area is 127 Å². The Morgan fingerprint density at radius 2 is 1.86 bits per heavy atom. The van der Waals surface area contributed by atoms with Gasteiger partial charge in [0, 0.05) is 28.9 Å². The van der Waals surface area contributed by atoms with E-state index >= 15 is 0 Å². The lowest BCUT2D eigenvalue weighted by Gasteiger charge is -2.02. The van der Waals surface area contributed by atoms with Gasteiger partial charge in [-0.3, -0.25) is 4.79 Å². The third-order valence-corrected chi connectivity index (χ3v) is 3.81. The highest BCUT2D eigenvalue weighted by Crippen LogP contribution is 2.25. The summed E-state index contributed by atoms with van der Waals surface area (Å²) in [7, 11) is 0. The van der Waals surface area contributed by atoms with Crippen LogP contribution in [-0.2, 0) is 0 Å². The Balaban J connectivity index is 1.88. The van der Waals surface area contributed by atoms with E-state index in [2.05, 4.69) is 16.1 Å². The Bertz CT molecular complexity index is 1000. The van der Waals surface area contributed by atoms with E-state index in [9.17, 15) is 4.79 Å². The van der Waals surface area contributed by atoms with Crippen LogP contribution in [0.25, 0.3) is 27.7 Å². The van der Waals surface area contributed by atoms with E-state index in [1.165, 1.54) is 0 Å². The molecule has 0 saturated heterocycles. The highest BCUT2D eigenvalue weighted by Gasteiger charge is 2.08. The quantitative estimate of drug-likeness (QED) is 0.527. The zero-order valence-corrected chi connectivity index (χ0v) is 12.0. The summed E-state index contributed by atoms with van der Waals surface area (Å²) >= 11 is 0. The van der Waals surface area contributed by atoms with Crippen LogP contribution >= 0.6 is 0 Å². The number of ketones is 1. The van der Waals surface area contributed by atoms with E-state index in [0.717, 1.165) is 27.7 Å². The zero-order chi connectivity index (χ0) is 15.1. The molecule has 0 bridgehead atoms. The van der Waals surface area contributed by atoms with Gasteiger partial charge in [0.15, 0.2) is 11.4 Å². The third-order valence-electron chi connectivity index (χ3n) is 3.81. The van der Waals surface area contributed by atoms with Crippen LogP contribution in [0.2, 0.25) is 0 Å². The molecule has 0 N–H and O–H groups in total. The van der Waals surface area contributed by atoms with E-state index in [1.54, 1.807) is 6.92 Å². The summed E-state index contributed by atoms with van der Waals surface area (Å²) in [6.07, 6.45) is 3.73. The van der Waals surface area contributed by atoms with Crippen LogP contribution in [0.4, 0.5) is 0 Å². The lowest BCUT2D eigenvalue weighted by molar-refractivity contribution is 0.101. The summed E-state index contributed by atoms with van der Waals surface area (Å²) in [5, 5.41) is 5.47. The molecule has 0 aliphatic rings. The summed E-state index contributed by atoms with van der Waals surface area (Å²) in [5.74, 6) is 0.0720. The molecule has 4 heteroatoms. The van der Waals surface area contributed by atoms with E-state index in [4.69, 9.17) is 0 Å². The number of Topliss-reactive ketones (excluding diaryl/α,β-unsaturated/α-hetero) is 1. The van der Waals surface area contributed by atoms with Gasteiger partial charge in [0.05, 0.1) is 5.52 Å². The van der Waals surface area contributed by atoms with E-state index in [-0.39, 0.29) is 5.78 Å². The molecule has 1 aromatic carbocycles. The Morgan fingerprint density at radius 1 is 1.05 bits per heavy atom. The van der Waals surface area contributed by atoms with Gasteiger partial charge in [-0.15, -0.1) is 5.10 Å². The van der Waals surface area contributed by atoms with Gasteiger partial charge in [0.1, 0.15) is 0 Å². The third kappa shape index (κ3) is 1.97. The predicted octanol–water partition coefficient (Wildman–Crippen LogP) is 3.75. The smallest absolute Gasteiger partial charge is 0.182 e. The summed E-state index contributed by atoms with van der Waals surface area (Å²) in [6, 6.07) is 15.6. The molecule has 4 nitrogen and oxygen atoms in total. The van der Waals surface area contributed by atoms with E-state index in [0.29, 0.717) is 5.56 Å². The van der Waals surface area contributed by atoms with Gasteiger partial charge < -0.3 is 0 Å². The van der Waals surface area contributed by atoms with Crippen LogP contribution in [-0.4, -0.2) is 20.4 Å². The molecular weight excluding hydrogens is 274 g/mol. The minimum absolute atomic E-state index is 0.0720.